The molecule has 3 rings (SSSR count). The van der Waals surface area contributed by atoms with Crippen molar-refractivity contribution in [2.75, 3.05) is 6.61 Å². The van der Waals surface area contributed by atoms with Gasteiger partial charge in [-0.2, -0.15) is 10.4 Å². The number of nitrogens with two attached hydrogens (primary N) is 1. The van der Waals surface area contributed by atoms with Crippen LogP contribution in [0.2, 0.25) is 0 Å². The number of hydrogen-bond acceptors (Lipinski definition) is 6. The second kappa shape index (κ2) is 6.32. The Balaban J connectivity index is 2.27. The summed E-state index contributed by atoms with van der Waals surface area (Å²) in [6, 6.07) is 7.69. The Hall–Kier alpha value is -3.27. The van der Waals surface area contributed by atoms with Crippen LogP contribution in [-0.4, -0.2) is 22.4 Å². The van der Waals surface area contributed by atoms with E-state index in [0.29, 0.717) is 16.8 Å². The molecule has 2 heterocycles. The quantitative estimate of drug-likeness (QED) is 0.861. The van der Waals surface area contributed by atoms with Crippen molar-refractivity contribution in [2.45, 2.75) is 19.8 Å². The van der Waals surface area contributed by atoms with E-state index in [9.17, 15) is 10.1 Å². The molecule has 0 amide bonds. The first-order valence-electron chi connectivity index (χ1n) is 7.85. The highest BCUT2D eigenvalue weighted by molar-refractivity contribution is 5.94. The molecule has 25 heavy (non-hydrogen) atoms. The number of carbonyl (C=O) groups excluding carboxylic acids is 1. The van der Waals surface area contributed by atoms with Gasteiger partial charge in [0.1, 0.15) is 17.4 Å². The third kappa shape index (κ3) is 2.72. The van der Waals surface area contributed by atoms with Gasteiger partial charge in [-0.1, -0.05) is 18.2 Å². The summed E-state index contributed by atoms with van der Waals surface area (Å²) in [5.74, 6) is -0.895. The molecule has 0 saturated heterocycles. The van der Waals surface area contributed by atoms with Gasteiger partial charge in [-0.3, -0.25) is 4.68 Å². The lowest BCUT2D eigenvalue weighted by Gasteiger charge is -2.26. The standard InChI is InChI=1S/C18H18N4O3/c1-4-24-18(23)14-10(2)25-17(20)13(8-19)15(14)12-7-5-6-11-9-22(3)21-16(11)12/h5-7,9,15H,4,20H2,1-3H3. The fourth-order valence-electron chi connectivity index (χ4n) is 3.09. The minimum Gasteiger partial charge on any atom is -0.463 e. The summed E-state index contributed by atoms with van der Waals surface area (Å²) in [6.07, 6.45) is 1.87. The molecule has 0 radical (unpaired) electrons. The average Bonchev–Trinajstić information content (AvgIpc) is 2.94. The monoisotopic (exact) mass is 338 g/mol. The van der Waals surface area contributed by atoms with Gasteiger partial charge < -0.3 is 15.2 Å². The first-order valence-corrected chi connectivity index (χ1v) is 7.85. The maximum atomic E-state index is 12.5. The van der Waals surface area contributed by atoms with E-state index in [2.05, 4.69) is 11.2 Å². The topological polar surface area (TPSA) is 103 Å². The van der Waals surface area contributed by atoms with E-state index in [1.54, 1.807) is 18.5 Å². The summed E-state index contributed by atoms with van der Waals surface area (Å²) in [7, 11) is 1.82. The van der Waals surface area contributed by atoms with Gasteiger partial charge in [0, 0.05) is 18.6 Å². The van der Waals surface area contributed by atoms with Crippen molar-refractivity contribution in [1.82, 2.24) is 9.78 Å². The number of benzene rings is 1. The van der Waals surface area contributed by atoms with Crippen LogP contribution < -0.4 is 5.73 Å². The van der Waals surface area contributed by atoms with Crippen molar-refractivity contribution in [3.63, 3.8) is 0 Å². The number of hydrogen-bond donors (Lipinski definition) is 1. The third-order valence-corrected chi connectivity index (χ3v) is 4.09. The van der Waals surface area contributed by atoms with Gasteiger partial charge in [0.2, 0.25) is 5.88 Å². The van der Waals surface area contributed by atoms with E-state index in [-0.39, 0.29) is 23.6 Å². The molecular weight excluding hydrogens is 320 g/mol. The molecule has 7 heteroatoms. The molecule has 128 valence electrons. The molecule has 0 aliphatic carbocycles. The van der Waals surface area contributed by atoms with E-state index in [1.165, 1.54) is 0 Å². The van der Waals surface area contributed by atoms with Crippen molar-refractivity contribution in [3.05, 3.63) is 52.7 Å². The molecule has 1 aromatic heterocycles. The Bertz CT molecular complexity index is 962. The number of rotatable bonds is 3. The number of nitriles is 1. The number of ether oxygens (including phenoxy) is 2. The summed E-state index contributed by atoms with van der Waals surface area (Å²) >= 11 is 0. The Morgan fingerprint density at radius 1 is 1.52 bits per heavy atom. The lowest BCUT2D eigenvalue weighted by atomic mass is 9.82. The van der Waals surface area contributed by atoms with Crippen LogP contribution in [0.15, 0.2) is 47.2 Å². The maximum Gasteiger partial charge on any atom is 0.338 e. The minimum absolute atomic E-state index is 0.00835. The molecule has 0 spiro atoms. The molecule has 0 bridgehead atoms. The lowest BCUT2D eigenvalue weighted by molar-refractivity contribution is -0.139. The van der Waals surface area contributed by atoms with Crippen LogP contribution in [0, 0.1) is 11.3 Å². The van der Waals surface area contributed by atoms with Gasteiger partial charge in [0.05, 0.1) is 23.6 Å². The predicted octanol–water partition coefficient (Wildman–Crippen LogP) is 2.22. The molecule has 2 aromatic rings. The number of esters is 1. The number of allylic oxidation sites excluding steroid dienone is 2. The van der Waals surface area contributed by atoms with Crippen LogP contribution in [0.3, 0.4) is 0 Å². The molecule has 7 nitrogen and oxygen atoms in total. The first-order chi connectivity index (χ1) is 12.0. The predicted molar refractivity (Wildman–Crippen MR) is 90.7 cm³/mol. The molecule has 1 aromatic carbocycles. The summed E-state index contributed by atoms with van der Waals surface area (Å²) in [6.45, 7) is 3.58. The van der Waals surface area contributed by atoms with Crippen molar-refractivity contribution >= 4 is 16.9 Å². The van der Waals surface area contributed by atoms with Gasteiger partial charge in [-0.15, -0.1) is 0 Å². The first kappa shape index (κ1) is 16.6. The van der Waals surface area contributed by atoms with Crippen LogP contribution >= 0.6 is 0 Å². The molecule has 2 N–H and O–H groups in total. The van der Waals surface area contributed by atoms with Gasteiger partial charge in [0.15, 0.2) is 0 Å². The number of nitrogens with zero attached hydrogens (tertiary/aromatic N) is 3. The zero-order valence-electron chi connectivity index (χ0n) is 14.2. The summed E-state index contributed by atoms with van der Waals surface area (Å²) in [5.41, 5.74) is 7.77. The molecule has 1 unspecified atom stereocenters. The normalized spacial score (nSPS) is 17.4. The van der Waals surface area contributed by atoms with E-state index < -0.39 is 11.9 Å². The fraction of sp³-hybridized carbons (Fsp3) is 0.278. The van der Waals surface area contributed by atoms with E-state index in [4.69, 9.17) is 15.2 Å². The number of carbonyl (C=O) groups is 1. The molecule has 1 aliphatic rings. The molecular formula is C18H18N4O3. The minimum atomic E-state index is -0.684. The zero-order chi connectivity index (χ0) is 18.1. The molecule has 1 aliphatic heterocycles. The van der Waals surface area contributed by atoms with E-state index >= 15 is 0 Å². The van der Waals surface area contributed by atoms with Crippen LogP contribution in [0.4, 0.5) is 0 Å². The highest BCUT2D eigenvalue weighted by Crippen LogP contribution is 2.41. The second-order valence-electron chi connectivity index (χ2n) is 5.70. The Morgan fingerprint density at radius 2 is 2.28 bits per heavy atom. The Labute approximate surface area is 144 Å². The highest BCUT2D eigenvalue weighted by Gasteiger charge is 2.37. The van der Waals surface area contributed by atoms with Crippen LogP contribution in [0.1, 0.15) is 25.3 Å². The Kier molecular flexibility index (Phi) is 4.19. The van der Waals surface area contributed by atoms with Crippen LogP contribution in [-0.2, 0) is 21.3 Å². The van der Waals surface area contributed by atoms with Gasteiger partial charge in [-0.25, -0.2) is 4.79 Å². The van der Waals surface area contributed by atoms with Crippen molar-refractivity contribution < 1.29 is 14.3 Å². The maximum absolute atomic E-state index is 12.5. The van der Waals surface area contributed by atoms with Crippen molar-refractivity contribution in [3.8, 4) is 6.07 Å². The molecule has 1 atom stereocenters. The van der Waals surface area contributed by atoms with Crippen molar-refractivity contribution in [1.29, 1.82) is 5.26 Å². The summed E-state index contributed by atoms with van der Waals surface area (Å²) in [4.78, 5) is 12.5. The average molecular weight is 338 g/mol. The summed E-state index contributed by atoms with van der Waals surface area (Å²) in [5, 5.41) is 15.0. The van der Waals surface area contributed by atoms with Gasteiger partial charge in [0.25, 0.3) is 0 Å². The number of aryl methyl sites for hydroxylation is 1. The van der Waals surface area contributed by atoms with Crippen molar-refractivity contribution in [2.24, 2.45) is 12.8 Å². The Morgan fingerprint density at radius 3 is 2.96 bits per heavy atom. The SMILES string of the molecule is CCOC(=O)C1=C(C)OC(N)=C(C#N)C1c1cccc2cn(C)nc12. The van der Waals surface area contributed by atoms with Crippen LogP contribution in [0.25, 0.3) is 10.9 Å². The summed E-state index contributed by atoms with van der Waals surface area (Å²) < 4.78 is 12.3. The highest BCUT2D eigenvalue weighted by atomic mass is 16.5. The van der Waals surface area contributed by atoms with Gasteiger partial charge >= 0.3 is 5.97 Å². The lowest BCUT2D eigenvalue weighted by Crippen LogP contribution is -2.25. The zero-order valence-corrected chi connectivity index (χ0v) is 14.2. The molecule has 0 saturated carbocycles. The van der Waals surface area contributed by atoms with E-state index in [0.717, 1.165) is 5.39 Å². The molecule has 0 fully saturated rings. The van der Waals surface area contributed by atoms with Gasteiger partial charge in [-0.05, 0) is 19.4 Å². The van der Waals surface area contributed by atoms with Crippen LogP contribution in [0.5, 0.6) is 0 Å². The second-order valence-corrected chi connectivity index (χ2v) is 5.70. The fourth-order valence-corrected chi connectivity index (χ4v) is 3.09. The largest absolute Gasteiger partial charge is 0.463 e. The number of fused-ring (bicyclic) bond motifs is 1. The number of aromatic nitrogens is 2. The smallest absolute Gasteiger partial charge is 0.338 e. The third-order valence-electron chi connectivity index (χ3n) is 4.09. The van der Waals surface area contributed by atoms with E-state index in [1.807, 2.05) is 31.4 Å².